The molecule has 0 aliphatic carbocycles. The van der Waals surface area contributed by atoms with Gasteiger partial charge in [-0.1, -0.05) is 12.1 Å². The first kappa shape index (κ1) is 16.8. The fraction of sp³-hybridized carbons (Fsp3) is 0.235. The monoisotopic (exact) mass is 347 g/mol. The van der Waals surface area contributed by atoms with Gasteiger partial charge < -0.3 is 4.74 Å². The van der Waals surface area contributed by atoms with Crippen molar-refractivity contribution < 1.29 is 18.3 Å². The Morgan fingerprint density at radius 1 is 1.32 bits per heavy atom. The van der Waals surface area contributed by atoms with Gasteiger partial charge in [-0.25, -0.2) is 18.3 Å². The summed E-state index contributed by atoms with van der Waals surface area (Å²) in [6, 6.07) is 7.54. The molecule has 2 heterocycles. The zero-order valence-electron chi connectivity index (χ0n) is 13.6. The van der Waals surface area contributed by atoms with E-state index in [9.17, 15) is 18.4 Å². The number of ether oxygens (including phenoxy) is 1. The number of hydrogen-bond acceptors (Lipinski definition) is 4. The first-order valence-corrected chi connectivity index (χ1v) is 7.44. The molecule has 0 atom stereocenters. The number of pyridine rings is 1. The van der Waals surface area contributed by atoms with Crippen molar-refractivity contribution in [2.45, 2.75) is 13.0 Å². The largest absolute Gasteiger partial charge is 0.465 e. The van der Waals surface area contributed by atoms with Gasteiger partial charge in [-0.3, -0.25) is 14.5 Å². The zero-order chi connectivity index (χ0) is 18.1. The van der Waals surface area contributed by atoms with Crippen LogP contribution < -0.4 is 5.56 Å². The van der Waals surface area contributed by atoms with Gasteiger partial charge in [0, 0.05) is 24.7 Å². The SMILES string of the molecule is COC(=O)c1ccc(Cn2c(=O)cc(C(F)F)n2C)c2ncccc12. The van der Waals surface area contributed by atoms with Crippen LogP contribution in [0.3, 0.4) is 0 Å². The topological polar surface area (TPSA) is 66.1 Å². The van der Waals surface area contributed by atoms with E-state index in [1.165, 1.54) is 18.8 Å². The smallest absolute Gasteiger partial charge is 0.338 e. The maximum absolute atomic E-state index is 13.0. The summed E-state index contributed by atoms with van der Waals surface area (Å²) in [5, 5.41) is 0.572. The molecular formula is C17H15F2N3O3. The highest BCUT2D eigenvalue weighted by molar-refractivity contribution is 6.04. The minimum absolute atomic E-state index is 0.0526. The Morgan fingerprint density at radius 2 is 2.08 bits per heavy atom. The molecule has 2 aromatic heterocycles. The van der Waals surface area contributed by atoms with Crippen molar-refractivity contribution in [2.75, 3.05) is 7.11 Å². The predicted molar refractivity (Wildman–Crippen MR) is 86.8 cm³/mol. The first-order chi connectivity index (χ1) is 11.9. The molecule has 0 aliphatic heterocycles. The van der Waals surface area contributed by atoms with E-state index in [1.807, 2.05) is 0 Å². The van der Waals surface area contributed by atoms with Gasteiger partial charge in [0.2, 0.25) is 0 Å². The van der Waals surface area contributed by atoms with E-state index in [2.05, 4.69) is 4.98 Å². The summed E-state index contributed by atoms with van der Waals surface area (Å²) in [6.07, 6.45) is -1.18. The van der Waals surface area contributed by atoms with Crippen molar-refractivity contribution in [3.8, 4) is 0 Å². The van der Waals surface area contributed by atoms with E-state index in [-0.39, 0.29) is 12.2 Å². The Bertz CT molecular complexity index is 1010. The Kier molecular flexibility index (Phi) is 4.35. The molecular weight excluding hydrogens is 332 g/mol. The van der Waals surface area contributed by atoms with Gasteiger partial charge in [-0.15, -0.1) is 0 Å². The van der Waals surface area contributed by atoms with Crippen LogP contribution in [-0.2, 0) is 18.3 Å². The maximum Gasteiger partial charge on any atom is 0.338 e. The summed E-state index contributed by atoms with van der Waals surface area (Å²) in [5.41, 5.74) is 0.610. The van der Waals surface area contributed by atoms with Crippen LogP contribution >= 0.6 is 0 Å². The van der Waals surface area contributed by atoms with Gasteiger partial charge in [-0.2, -0.15) is 0 Å². The summed E-state index contributed by atoms with van der Waals surface area (Å²) >= 11 is 0. The Labute approximate surface area is 141 Å². The second-order valence-corrected chi connectivity index (χ2v) is 5.45. The van der Waals surface area contributed by atoms with Crippen LogP contribution in [-0.4, -0.2) is 27.4 Å². The standard InChI is InChI=1S/C17H15F2N3O3/c1-21-13(16(18)19)8-14(23)22(21)9-10-5-6-12(17(24)25-2)11-4-3-7-20-15(10)11/h3-8,16H,9H2,1-2H3. The quantitative estimate of drug-likeness (QED) is 0.680. The minimum Gasteiger partial charge on any atom is -0.465 e. The van der Waals surface area contributed by atoms with Crippen molar-refractivity contribution >= 4 is 16.9 Å². The molecule has 0 saturated carbocycles. The number of benzene rings is 1. The fourth-order valence-corrected chi connectivity index (χ4v) is 2.78. The van der Waals surface area contributed by atoms with Gasteiger partial charge in [0.1, 0.15) is 5.69 Å². The second kappa shape index (κ2) is 6.46. The molecule has 0 aliphatic rings. The Balaban J connectivity index is 2.13. The lowest BCUT2D eigenvalue weighted by atomic mass is 10.0. The van der Waals surface area contributed by atoms with Crippen molar-refractivity contribution in [1.29, 1.82) is 0 Å². The van der Waals surface area contributed by atoms with Crippen LogP contribution in [0.2, 0.25) is 0 Å². The molecule has 25 heavy (non-hydrogen) atoms. The summed E-state index contributed by atoms with van der Waals surface area (Å²) in [7, 11) is 2.69. The maximum atomic E-state index is 13.0. The number of carbonyl (C=O) groups is 1. The molecule has 0 saturated heterocycles. The highest BCUT2D eigenvalue weighted by Gasteiger charge is 2.18. The molecule has 0 spiro atoms. The molecule has 6 nitrogen and oxygen atoms in total. The fourth-order valence-electron chi connectivity index (χ4n) is 2.78. The highest BCUT2D eigenvalue weighted by Crippen LogP contribution is 2.23. The number of esters is 1. The minimum atomic E-state index is -2.74. The van der Waals surface area contributed by atoms with Gasteiger partial charge >= 0.3 is 5.97 Å². The van der Waals surface area contributed by atoms with E-state index in [0.717, 1.165) is 10.7 Å². The van der Waals surface area contributed by atoms with Crippen LogP contribution in [0.1, 0.15) is 28.0 Å². The molecule has 0 bridgehead atoms. The molecule has 0 N–H and O–H groups in total. The van der Waals surface area contributed by atoms with E-state index >= 15 is 0 Å². The third-order valence-electron chi connectivity index (χ3n) is 4.06. The van der Waals surface area contributed by atoms with Crippen LogP contribution in [0.15, 0.2) is 41.3 Å². The van der Waals surface area contributed by atoms with Gasteiger partial charge in [0.05, 0.1) is 24.7 Å². The number of nitrogens with zero attached hydrogens (tertiary/aromatic N) is 3. The first-order valence-electron chi connectivity index (χ1n) is 7.44. The average Bonchev–Trinajstić information content (AvgIpc) is 2.89. The number of methoxy groups -OCH3 is 1. The molecule has 0 unspecified atom stereocenters. The van der Waals surface area contributed by atoms with Crippen LogP contribution in [0.25, 0.3) is 10.9 Å². The molecule has 8 heteroatoms. The van der Waals surface area contributed by atoms with Crippen molar-refractivity contribution in [2.24, 2.45) is 7.05 Å². The number of alkyl halides is 2. The van der Waals surface area contributed by atoms with Crippen molar-refractivity contribution in [1.82, 2.24) is 14.3 Å². The Morgan fingerprint density at radius 3 is 2.72 bits per heavy atom. The summed E-state index contributed by atoms with van der Waals surface area (Å²) in [5.74, 6) is -0.499. The highest BCUT2D eigenvalue weighted by atomic mass is 19.3. The number of rotatable bonds is 4. The normalized spacial score (nSPS) is 11.2. The lowest BCUT2D eigenvalue weighted by Gasteiger charge is -2.12. The summed E-state index contributed by atoms with van der Waals surface area (Å²) in [4.78, 5) is 28.2. The zero-order valence-corrected chi connectivity index (χ0v) is 13.6. The molecule has 3 rings (SSSR count). The van der Waals surface area contributed by atoms with Crippen LogP contribution in [0.5, 0.6) is 0 Å². The van der Waals surface area contributed by atoms with Crippen LogP contribution in [0.4, 0.5) is 8.78 Å². The number of hydrogen-bond donors (Lipinski definition) is 0. The molecule has 130 valence electrons. The number of carbonyl (C=O) groups excluding carboxylic acids is 1. The van der Waals surface area contributed by atoms with E-state index in [4.69, 9.17) is 4.74 Å². The van der Waals surface area contributed by atoms with Crippen molar-refractivity contribution in [3.63, 3.8) is 0 Å². The lowest BCUT2D eigenvalue weighted by molar-refractivity contribution is 0.0603. The van der Waals surface area contributed by atoms with Crippen LogP contribution in [0, 0.1) is 0 Å². The Hall–Kier alpha value is -3.03. The van der Waals surface area contributed by atoms with Gasteiger partial charge in [0.15, 0.2) is 0 Å². The second-order valence-electron chi connectivity index (χ2n) is 5.45. The predicted octanol–water partition coefficient (Wildman–Crippen LogP) is 2.51. The molecule has 3 aromatic rings. The molecule has 0 amide bonds. The van der Waals surface area contributed by atoms with Gasteiger partial charge in [0.25, 0.3) is 12.0 Å². The lowest BCUT2D eigenvalue weighted by Crippen LogP contribution is -2.22. The van der Waals surface area contributed by atoms with E-state index in [1.54, 1.807) is 30.5 Å². The average molecular weight is 347 g/mol. The summed E-state index contributed by atoms with van der Waals surface area (Å²) < 4.78 is 33.0. The van der Waals surface area contributed by atoms with Gasteiger partial charge in [-0.05, 0) is 17.7 Å². The molecule has 0 fully saturated rings. The third kappa shape index (κ3) is 2.90. The molecule has 1 aromatic carbocycles. The summed E-state index contributed by atoms with van der Waals surface area (Å²) in [6.45, 7) is 0.0526. The number of halogens is 2. The van der Waals surface area contributed by atoms with E-state index < -0.39 is 18.0 Å². The number of aromatic nitrogens is 3. The van der Waals surface area contributed by atoms with Crippen molar-refractivity contribution in [3.05, 3.63) is 63.7 Å². The third-order valence-corrected chi connectivity index (χ3v) is 4.06. The number of fused-ring (bicyclic) bond motifs is 1. The van der Waals surface area contributed by atoms with E-state index in [0.29, 0.717) is 22.0 Å². The molecule has 0 radical (unpaired) electrons.